The molecule has 0 radical (unpaired) electrons. The Labute approximate surface area is 214 Å². The second kappa shape index (κ2) is 8.81. The first-order valence-electron chi connectivity index (χ1n) is 12.0. The monoisotopic (exact) mass is 558 g/mol. The highest BCUT2D eigenvalue weighted by Crippen LogP contribution is 2.58. The van der Waals surface area contributed by atoms with Crippen molar-refractivity contribution in [2.75, 3.05) is 11.9 Å². The van der Waals surface area contributed by atoms with Crippen LogP contribution in [-0.2, 0) is 32.9 Å². The fourth-order valence-corrected chi connectivity index (χ4v) is 9.32. The highest BCUT2D eigenvalue weighted by atomic mass is 79.9. The lowest BCUT2D eigenvalue weighted by Gasteiger charge is -2.37. The minimum atomic E-state index is -2.84. The molecule has 1 spiro atoms. The summed E-state index contributed by atoms with van der Waals surface area (Å²) in [5, 5.41) is 13.0. The van der Waals surface area contributed by atoms with E-state index in [0.717, 1.165) is 21.2 Å². The van der Waals surface area contributed by atoms with Crippen molar-refractivity contribution in [2.24, 2.45) is 5.92 Å². The van der Waals surface area contributed by atoms with Gasteiger partial charge in [-0.2, -0.15) is 0 Å². The van der Waals surface area contributed by atoms with Crippen LogP contribution >= 0.6 is 15.9 Å². The first kappa shape index (κ1) is 24.6. The highest BCUT2D eigenvalue weighted by Gasteiger charge is 2.65. The van der Waals surface area contributed by atoms with Crippen molar-refractivity contribution < 1.29 is 24.2 Å². The van der Waals surface area contributed by atoms with Gasteiger partial charge in [0.05, 0.1) is 25.2 Å². The van der Waals surface area contributed by atoms with Crippen molar-refractivity contribution in [1.29, 1.82) is 0 Å². The SMILES string of the molecule is C[C@H]1[C@H]([Si](C)(C)O)[C@@H](CC(=O)N2Cc3ccccc3C[C@H]2CO)O[C@]12C(=O)Nc1ccc(Br)cc12. The number of hydrogen-bond donors (Lipinski definition) is 3. The van der Waals surface area contributed by atoms with Crippen molar-refractivity contribution in [2.45, 2.75) is 62.7 Å². The number of hydrogen-bond acceptors (Lipinski definition) is 5. The normalized spacial score (nSPS) is 29.8. The van der Waals surface area contributed by atoms with Crippen LogP contribution in [0.1, 0.15) is 30.0 Å². The first-order chi connectivity index (χ1) is 16.6. The van der Waals surface area contributed by atoms with Crippen molar-refractivity contribution in [3.8, 4) is 0 Å². The van der Waals surface area contributed by atoms with Crippen LogP contribution in [0.4, 0.5) is 5.69 Å². The van der Waals surface area contributed by atoms with Gasteiger partial charge in [-0.25, -0.2) is 0 Å². The molecule has 2 amide bonds. The van der Waals surface area contributed by atoms with Crippen LogP contribution in [0.3, 0.4) is 0 Å². The number of halogens is 1. The largest absolute Gasteiger partial charge is 0.432 e. The molecule has 5 rings (SSSR count). The van der Waals surface area contributed by atoms with Gasteiger partial charge in [0.1, 0.15) is 0 Å². The van der Waals surface area contributed by atoms with Crippen molar-refractivity contribution in [3.05, 3.63) is 63.6 Å². The lowest BCUT2D eigenvalue weighted by atomic mass is 9.82. The zero-order chi connectivity index (χ0) is 25.1. The van der Waals surface area contributed by atoms with Crippen molar-refractivity contribution in [1.82, 2.24) is 4.90 Å². The standard InChI is InChI=1S/C26H31BrN2O5Si/c1-15-24(35(2,3)33)22(34-26(15)20-11-18(27)8-9-21(20)28-25(26)32)12-23(31)29-13-17-7-5-4-6-16(17)10-19(29)14-30/h4-9,11,15,19,22,24,30,33H,10,12-14H2,1-3H3,(H,28,32)/t15-,19-,22+,24-,26+/m0/s1. The summed E-state index contributed by atoms with van der Waals surface area (Å²) < 4.78 is 7.42. The van der Waals surface area contributed by atoms with Crippen LogP contribution in [0.2, 0.25) is 18.6 Å². The van der Waals surface area contributed by atoms with E-state index in [2.05, 4.69) is 21.2 Å². The summed E-state index contributed by atoms with van der Waals surface area (Å²) in [4.78, 5) is 40.1. The van der Waals surface area contributed by atoms with Crippen molar-refractivity contribution >= 4 is 41.7 Å². The Morgan fingerprint density at radius 2 is 1.97 bits per heavy atom. The van der Waals surface area contributed by atoms with E-state index in [1.807, 2.05) is 62.5 Å². The number of carbonyl (C=O) groups is 2. The summed E-state index contributed by atoms with van der Waals surface area (Å²) in [6.07, 6.45) is 0.0252. The van der Waals surface area contributed by atoms with E-state index >= 15 is 0 Å². The number of rotatable bonds is 4. The second-order valence-corrected chi connectivity index (χ2v) is 15.4. The lowest BCUT2D eigenvalue weighted by molar-refractivity contribution is -0.149. The zero-order valence-electron chi connectivity index (χ0n) is 20.1. The molecule has 0 saturated carbocycles. The number of benzene rings is 2. The maximum Gasteiger partial charge on any atom is 0.261 e. The maximum atomic E-state index is 13.7. The Morgan fingerprint density at radius 3 is 2.66 bits per heavy atom. The van der Waals surface area contributed by atoms with Gasteiger partial charge in [0.25, 0.3) is 5.91 Å². The summed E-state index contributed by atoms with van der Waals surface area (Å²) in [7, 11) is -2.84. The van der Waals surface area contributed by atoms with Gasteiger partial charge >= 0.3 is 0 Å². The van der Waals surface area contributed by atoms with Gasteiger partial charge in [0.2, 0.25) is 5.91 Å². The molecule has 5 atom stereocenters. The Balaban J connectivity index is 1.47. The molecular formula is C26H31BrN2O5Si. The van der Waals surface area contributed by atoms with Gasteiger partial charge in [0, 0.05) is 33.7 Å². The molecule has 2 aromatic carbocycles. The molecule has 1 fully saturated rings. The van der Waals surface area contributed by atoms with Gasteiger partial charge in [-0.1, -0.05) is 47.1 Å². The molecule has 0 bridgehead atoms. The summed E-state index contributed by atoms with van der Waals surface area (Å²) >= 11 is 3.51. The van der Waals surface area contributed by atoms with Crippen LogP contribution in [0.5, 0.6) is 0 Å². The lowest BCUT2D eigenvalue weighted by Crippen LogP contribution is -2.48. The van der Waals surface area contributed by atoms with E-state index in [4.69, 9.17) is 4.74 Å². The van der Waals surface area contributed by atoms with E-state index in [1.54, 1.807) is 4.90 Å². The van der Waals surface area contributed by atoms with E-state index in [9.17, 15) is 19.5 Å². The van der Waals surface area contributed by atoms with Crippen LogP contribution in [0, 0.1) is 5.92 Å². The quantitative estimate of drug-likeness (QED) is 0.498. The van der Waals surface area contributed by atoms with E-state index in [0.29, 0.717) is 18.7 Å². The molecule has 0 aromatic heterocycles. The zero-order valence-corrected chi connectivity index (χ0v) is 22.7. The number of anilines is 1. The Kier molecular flexibility index (Phi) is 6.20. The Morgan fingerprint density at radius 1 is 1.26 bits per heavy atom. The van der Waals surface area contributed by atoms with Crippen LogP contribution in [0.25, 0.3) is 0 Å². The number of amides is 2. The van der Waals surface area contributed by atoms with E-state index in [1.165, 1.54) is 0 Å². The Bertz CT molecular complexity index is 1180. The molecule has 186 valence electrons. The molecule has 9 heteroatoms. The highest BCUT2D eigenvalue weighted by molar-refractivity contribution is 9.10. The van der Waals surface area contributed by atoms with Crippen molar-refractivity contribution in [3.63, 3.8) is 0 Å². The number of nitrogens with zero attached hydrogens (tertiary/aromatic N) is 1. The number of aliphatic hydroxyl groups excluding tert-OH is 1. The average molecular weight is 560 g/mol. The Hall–Kier alpha value is -2.04. The predicted octanol–water partition coefficient (Wildman–Crippen LogP) is 3.53. The third-order valence-corrected chi connectivity index (χ3v) is 11.0. The minimum Gasteiger partial charge on any atom is -0.432 e. The van der Waals surface area contributed by atoms with E-state index in [-0.39, 0.29) is 42.3 Å². The average Bonchev–Trinajstić information content (AvgIpc) is 3.26. The molecule has 35 heavy (non-hydrogen) atoms. The summed E-state index contributed by atoms with van der Waals surface area (Å²) in [6.45, 7) is 5.93. The third kappa shape index (κ3) is 3.97. The van der Waals surface area contributed by atoms with Gasteiger partial charge in [-0.05, 0) is 48.8 Å². The fraction of sp³-hybridized carbons (Fsp3) is 0.462. The number of carbonyl (C=O) groups excluding carboxylic acids is 2. The molecule has 3 aliphatic heterocycles. The van der Waals surface area contributed by atoms with Gasteiger partial charge in [-0.15, -0.1) is 0 Å². The maximum absolute atomic E-state index is 13.7. The van der Waals surface area contributed by atoms with Gasteiger partial charge < -0.3 is 24.9 Å². The number of ether oxygens (including phenoxy) is 1. The molecule has 3 aliphatic rings. The van der Waals surface area contributed by atoms with Gasteiger partial charge in [0.15, 0.2) is 13.9 Å². The summed E-state index contributed by atoms with van der Waals surface area (Å²) in [5.41, 5.74) is 2.07. The molecule has 3 N–H and O–H groups in total. The smallest absolute Gasteiger partial charge is 0.261 e. The second-order valence-electron chi connectivity index (χ2n) is 10.5. The van der Waals surface area contributed by atoms with Crippen LogP contribution < -0.4 is 5.32 Å². The van der Waals surface area contributed by atoms with Crippen LogP contribution in [0.15, 0.2) is 46.9 Å². The fourth-order valence-electron chi connectivity index (χ4n) is 6.40. The van der Waals surface area contributed by atoms with Gasteiger partial charge in [-0.3, -0.25) is 9.59 Å². The number of aliphatic hydroxyl groups is 1. The van der Waals surface area contributed by atoms with E-state index < -0.39 is 20.0 Å². The third-order valence-electron chi connectivity index (χ3n) is 7.96. The summed E-state index contributed by atoms with van der Waals surface area (Å²) in [5.74, 6) is -0.710. The topological polar surface area (TPSA) is 99.1 Å². The molecule has 3 heterocycles. The molecule has 7 nitrogen and oxygen atoms in total. The van der Waals surface area contributed by atoms with Crippen LogP contribution in [-0.4, -0.2) is 53.7 Å². The molecule has 0 unspecified atom stereocenters. The molecule has 0 aliphatic carbocycles. The number of fused-ring (bicyclic) bond motifs is 3. The number of nitrogens with one attached hydrogen (secondary N) is 1. The molecule has 1 saturated heterocycles. The predicted molar refractivity (Wildman–Crippen MR) is 138 cm³/mol. The molecular weight excluding hydrogens is 528 g/mol. The molecule has 2 aromatic rings. The first-order valence-corrected chi connectivity index (χ1v) is 15.9. The summed E-state index contributed by atoms with van der Waals surface area (Å²) in [6, 6.07) is 13.3. The minimum absolute atomic E-state index is 0.0447.